The third-order valence-electron chi connectivity index (χ3n) is 4.37. The summed E-state index contributed by atoms with van der Waals surface area (Å²) in [6.45, 7) is 1.82. The van der Waals surface area contributed by atoms with Gasteiger partial charge in [0, 0.05) is 18.7 Å². The molecule has 3 rings (SSSR count). The van der Waals surface area contributed by atoms with Crippen LogP contribution in [0.15, 0.2) is 33.6 Å². The van der Waals surface area contributed by atoms with Gasteiger partial charge in [0.2, 0.25) is 5.91 Å². The largest absolute Gasteiger partial charge is 0.354 e. The van der Waals surface area contributed by atoms with Gasteiger partial charge in [-0.15, -0.1) is 4.40 Å². The fourth-order valence-corrected chi connectivity index (χ4v) is 4.40. The van der Waals surface area contributed by atoms with E-state index in [2.05, 4.69) is 9.71 Å². The lowest BCUT2D eigenvalue weighted by Gasteiger charge is -2.25. The molecule has 2 aliphatic rings. The zero-order valence-electron chi connectivity index (χ0n) is 13.4. The highest BCUT2D eigenvalue weighted by Gasteiger charge is 2.38. The van der Waals surface area contributed by atoms with Crippen molar-refractivity contribution < 1.29 is 13.2 Å². The van der Waals surface area contributed by atoms with Crippen LogP contribution in [0.25, 0.3) is 0 Å². The van der Waals surface area contributed by atoms with Crippen molar-refractivity contribution in [2.75, 3.05) is 19.6 Å². The van der Waals surface area contributed by atoms with E-state index in [4.69, 9.17) is 5.73 Å². The van der Waals surface area contributed by atoms with E-state index < -0.39 is 10.0 Å². The van der Waals surface area contributed by atoms with Crippen molar-refractivity contribution in [3.63, 3.8) is 0 Å². The van der Waals surface area contributed by atoms with Gasteiger partial charge in [-0.2, -0.15) is 8.42 Å². The molecule has 7 nitrogen and oxygen atoms in total. The summed E-state index contributed by atoms with van der Waals surface area (Å²) in [5.74, 6) is 0.319. The van der Waals surface area contributed by atoms with Gasteiger partial charge in [-0.1, -0.05) is 12.1 Å². The van der Waals surface area contributed by atoms with Crippen LogP contribution in [-0.4, -0.2) is 50.7 Å². The topological polar surface area (TPSA) is 105 Å². The van der Waals surface area contributed by atoms with Gasteiger partial charge in [0.1, 0.15) is 10.9 Å². The first-order valence-electron chi connectivity index (χ1n) is 8.23. The number of hydrogen-bond donors (Lipinski definition) is 2. The average molecular weight is 350 g/mol. The van der Waals surface area contributed by atoms with E-state index in [0.29, 0.717) is 37.5 Å². The number of likely N-dealkylation sites (tertiary alicyclic amines) is 1. The molecule has 1 unspecified atom stereocenters. The standard InChI is InChI=1S/C16H22N4O3S/c17-9-3-4-10-18-16(21)13-7-5-11-20(13)15-12-6-1-2-8-14(12)24(22,23)19-15/h1-2,6,8,13H,3-5,7,9-11,17H2,(H,18,21). The molecule has 1 aromatic carbocycles. The number of carbonyl (C=O) groups is 1. The van der Waals surface area contributed by atoms with Gasteiger partial charge in [-0.25, -0.2) is 0 Å². The molecule has 1 saturated heterocycles. The molecule has 24 heavy (non-hydrogen) atoms. The van der Waals surface area contributed by atoms with Crippen molar-refractivity contribution >= 4 is 21.8 Å². The summed E-state index contributed by atoms with van der Waals surface area (Å²) >= 11 is 0. The summed E-state index contributed by atoms with van der Waals surface area (Å²) in [6, 6.07) is 6.39. The van der Waals surface area contributed by atoms with E-state index in [9.17, 15) is 13.2 Å². The predicted octanol–water partition coefficient (Wildman–Crippen LogP) is 0.455. The van der Waals surface area contributed by atoms with E-state index in [0.717, 1.165) is 19.3 Å². The molecule has 0 bridgehead atoms. The van der Waals surface area contributed by atoms with Gasteiger partial charge in [0.05, 0.1) is 0 Å². The maximum atomic E-state index is 12.5. The number of unbranched alkanes of at least 4 members (excludes halogenated alkanes) is 1. The monoisotopic (exact) mass is 350 g/mol. The highest BCUT2D eigenvalue weighted by Crippen LogP contribution is 2.31. The van der Waals surface area contributed by atoms with Crippen LogP contribution < -0.4 is 11.1 Å². The minimum absolute atomic E-state index is 0.0750. The fourth-order valence-electron chi connectivity index (χ4n) is 3.19. The summed E-state index contributed by atoms with van der Waals surface area (Å²) < 4.78 is 28.4. The Morgan fingerprint density at radius 3 is 2.92 bits per heavy atom. The van der Waals surface area contributed by atoms with Crippen LogP contribution in [0.3, 0.4) is 0 Å². The molecule has 8 heteroatoms. The van der Waals surface area contributed by atoms with Crippen LogP contribution in [0.1, 0.15) is 31.2 Å². The van der Waals surface area contributed by atoms with Crippen molar-refractivity contribution in [3.8, 4) is 0 Å². The number of fused-ring (bicyclic) bond motifs is 1. The molecule has 2 aliphatic heterocycles. The average Bonchev–Trinajstić information content (AvgIpc) is 3.15. The molecule has 3 N–H and O–H groups in total. The number of nitrogens with two attached hydrogens (primary N) is 1. The number of sulfonamides is 1. The van der Waals surface area contributed by atoms with Gasteiger partial charge >= 0.3 is 0 Å². The van der Waals surface area contributed by atoms with E-state index in [1.54, 1.807) is 24.3 Å². The van der Waals surface area contributed by atoms with Gasteiger partial charge < -0.3 is 16.0 Å². The maximum absolute atomic E-state index is 12.5. The summed E-state index contributed by atoms with van der Waals surface area (Å²) in [5, 5.41) is 2.92. The Balaban J connectivity index is 1.78. The Hall–Kier alpha value is -1.93. The number of nitrogens with one attached hydrogen (secondary N) is 1. The minimum Gasteiger partial charge on any atom is -0.354 e. The molecule has 2 heterocycles. The second-order valence-corrected chi connectivity index (χ2v) is 7.60. The number of amidine groups is 1. The predicted molar refractivity (Wildman–Crippen MR) is 91.2 cm³/mol. The van der Waals surface area contributed by atoms with Gasteiger partial charge in [0.25, 0.3) is 10.0 Å². The molecule has 0 saturated carbocycles. The third-order valence-corrected chi connectivity index (χ3v) is 5.70. The number of hydrogen-bond acceptors (Lipinski definition) is 5. The lowest BCUT2D eigenvalue weighted by molar-refractivity contribution is -0.124. The molecule has 1 fully saturated rings. The lowest BCUT2D eigenvalue weighted by Crippen LogP contribution is -2.46. The zero-order valence-corrected chi connectivity index (χ0v) is 14.3. The summed E-state index contributed by atoms with van der Waals surface area (Å²) in [6.07, 6.45) is 3.24. The third kappa shape index (κ3) is 3.16. The first kappa shape index (κ1) is 16.9. The van der Waals surface area contributed by atoms with Gasteiger partial charge in [-0.3, -0.25) is 4.79 Å². The van der Waals surface area contributed by atoms with Crippen LogP contribution in [0, 0.1) is 0 Å². The van der Waals surface area contributed by atoms with Crippen molar-refractivity contribution in [2.24, 2.45) is 10.1 Å². The van der Waals surface area contributed by atoms with Crippen LogP contribution in [-0.2, 0) is 14.8 Å². The molecule has 1 atom stereocenters. The van der Waals surface area contributed by atoms with Crippen LogP contribution in [0.2, 0.25) is 0 Å². The first-order valence-corrected chi connectivity index (χ1v) is 9.67. The first-order chi connectivity index (χ1) is 11.5. The molecule has 1 amide bonds. The Kier molecular flexibility index (Phi) is 4.86. The second kappa shape index (κ2) is 6.90. The minimum atomic E-state index is -3.66. The number of nitrogens with zero attached hydrogens (tertiary/aromatic N) is 2. The van der Waals surface area contributed by atoms with E-state index in [-0.39, 0.29) is 16.8 Å². The summed E-state index contributed by atoms with van der Waals surface area (Å²) in [5.41, 5.74) is 6.03. The molecular weight excluding hydrogens is 328 g/mol. The highest BCUT2D eigenvalue weighted by molar-refractivity contribution is 7.90. The number of rotatable bonds is 5. The van der Waals surface area contributed by atoms with Crippen molar-refractivity contribution in [1.82, 2.24) is 10.2 Å². The lowest BCUT2D eigenvalue weighted by atomic mass is 10.1. The molecule has 0 radical (unpaired) electrons. The molecule has 1 aromatic rings. The summed E-state index contributed by atoms with van der Waals surface area (Å²) in [4.78, 5) is 14.5. The maximum Gasteiger partial charge on any atom is 0.285 e. The fraction of sp³-hybridized carbons (Fsp3) is 0.500. The molecule has 130 valence electrons. The van der Waals surface area contributed by atoms with Crippen molar-refractivity contribution in [2.45, 2.75) is 36.6 Å². The van der Waals surface area contributed by atoms with Crippen molar-refractivity contribution in [1.29, 1.82) is 0 Å². The van der Waals surface area contributed by atoms with E-state index in [1.807, 2.05) is 4.90 Å². The second-order valence-electron chi connectivity index (χ2n) is 6.02. The van der Waals surface area contributed by atoms with E-state index >= 15 is 0 Å². The Bertz CT molecular complexity index is 760. The smallest absolute Gasteiger partial charge is 0.285 e. The quantitative estimate of drug-likeness (QED) is 0.751. The van der Waals surface area contributed by atoms with E-state index in [1.165, 1.54) is 0 Å². The summed E-state index contributed by atoms with van der Waals surface area (Å²) in [7, 11) is -3.66. The number of carbonyl (C=O) groups excluding carboxylic acids is 1. The van der Waals surface area contributed by atoms with Crippen LogP contribution in [0.5, 0.6) is 0 Å². The van der Waals surface area contributed by atoms with Crippen LogP contribution >= 0.6 is 0 Å². The molecule has 0 aromatic heterocycles. The highest BCUT2D eigenvalue weighted by atomic mass is 32.2. The number of amides is 1. The number of benzene rings is 1. The van der Waals surface area contributed by atoms with Gasteiger partial charge in [0.15, 0.2) is 5.84 Å². The normalized spacial score (nSPS) is 21.5. The van der Waals surface area contributed by atoms with Crippen molar-refractivity contribution in [3.05, 3.63) is 29.8 Å². The van der Waals surface area contributed by atoms with Crippen LogP contribution in [0.4, 0.5) is 0 Å². The Morgan fingerprint density at radius 1 is 1.33 bits per heavy atom. The molecule has 0 spiro atoms. The Morgan fingerprint density at radius 2 is 2.12 bits per heavy atom. The Labute approximate surface area is 142 Å². The molecular formula is C16H22N4O3S. The SMILES string of the molecule is NCCCCNC(=O)C1CCCN1C1=NS(=O)(=O)c2ccccc21. The zero-order chi connectivity index (χ0) is 17.2. The van der Waals surface area contributed by atoms with Gasteiger partial charge in [-0.05, 0) is 44.4 Å². The molecule has 0 aliphatic carbocycles.